The Kier molecular flexibility index (Phi) is 13.3. The number of H-pyrrole nitrogens is 1. The molecule has 1 aliphatic rings. The van der Waals surface area contributed by atoms with Crippen molar-refractivity contribution in [1.29, 1.82) is 0 Å². The molecule has 290 valence electrons. The van der Waals surface area contributed by atoms with Crippen LogP contribution in [0.15, 0.2) is 60.8 Å². The van der Waals surface area contributed by atoms with E-state index < -0.39 is 35.8 Å². The number of nitrogens with one attached hydrogen (secondary N) is 2. The van der Waals surface area contributed by atoms with Gasteiger partial charge in [0, 0.05) is 47.3 Å². The summed E-state index contributed by atoms with van der Waals surface area (Å²) in [6, 6.07) is 16.3. The molecule has 1 aliphatic carbocycles. The Morgan fingerprint density at radius 1 is 1.02 bits per heavy atom. The first-order chi connectivity index (χ1) is 25.4. The largest absolute Gasteiger partial charge is 0.490 e. The molecule has 1 saturated carbocycles. The van der Waals surface area contributed by atoms with Crippen molar-refractivity contribution in [3.63, 3.8) is 0 Å². The number of rotatable bonds is 10. The van der Waals surface area contributed by atoms with E-state index in [9.17, 15) is 27.6 Å². The number of carbonyl (C=O) groups is 4. The van der Waals surface area contributed by atoms with Crippen LogP contribution in [-0.4, -0.2) is 75.6 Å². The number of fused-ring (bicyclic) bond motifs is 1. The van der Waals surface area contributed by atoms with Gasteiger partial charge in [0.15, 0.2) is 0 Å². The van der Waals surface area contributed by atoms with Gasteiger partial charge in [-0.1, -0.05) is 24.3 Å². The molecular weight excluding hydrogens is 709 g/mol. The summed E-state index contributed by atoms with van der Waals surface area (Å²) in [5.41, 5.74) is 10.5. The number of aryl methyl sites for hydroxylation is 1. The maximum atomic E-state index is 14.4. The van der Waals surface area contributed by atoms with Gasteiger partial charge in [0.1, 0.15) is 11.6 Å². The van der Waals surface area contributed by atoms with Gasteiger partial charge in [0.25, 0.3) is 0 Å². The van der Waals surface area contributed by atoms with Gasteiger partial charge in [-0.3, -0.25) is 19.6 Å². The van der Waals surface area contributed by atoms with Crippen molar-refractivity contribution < 1.29 is 46.9 Å². The number of hydrogen-bond acceptors (Lipinski definition) is 8. The van der Waals surface area contributed by atoms with Crippen molar-refractivity contribution in [2.24, 2.45) is 17.6 Å². The predicted molar refractivity (Wildman–Crippen MR) is 195 cm³/mol. The fourth-order valence-electron chi connectivity index (χ4n) is 6.21. The Hall–Kier alpha value is -5.67. The van der Waals surface area contributed by atoms with Gasteiger partial charge >= 0.3 is 18.2 Å². The van der Waals surface area contributed by atoms with Gasteiger partial charge < -0.3 is 25.6 Å². The number of methoxy groups -OCH3 is 1. The van der Waals surface area contributed by atoms with Gasteiger partial charge in [-0.25, -0.2) is 14.6 Å². The van der Waals surface area contributed by atoms with Crippen molar-refractivity contribution in [2.45, 2.75) is 77.6 Å². The lowest BCUT2D eigenvalue weighted by Crippen LogP contribution is -2.52. The number of aromatic amines is 1. The third kappa shape index (κ3) is 11.2. The van der Waals surface area contributed by atoms with Crippen LogP contribution in [0.2, 0.25) is 0 Å². The highest BCUT2D eigenvalue weighted by atomic mass is 19.4. The number of anilines is 1. The van der Waals surface area contributed by atoms with Gasteiger partial charge in [-0.2, -0.15) is 18.3 Å². The monoisotopic (exact) mass is 754 g/mol. The smallest absolute Gasteiger partial charge is 0.481 e. The quantitative estimate of drug-likeness (QED) is 0.143. The minimum atomic E-state index is -5.08. The van der Waals surface area contributed by atoms with E-state index in [-0.39, 0.29) is 24.2 Å². The summed E-state index contributed by atoms with van der Waals surface area (Å²) in [6.45, 7) is 7.90. The molecule has 2 aromatic heterocycles. The molecule has 13 nitrogen and oxygen atoms in total. The third-order valence-electron chi connectivity index (χ3n) is 8.92. The average molecular weight is 755 g/mol. The van der Waals surface area contributed by atoms with Crippen LogP contribution in [0.4, 0.5) is 23.7 Å². The first-order valence-electron chi connectivity index (χ1n) is 17.3. The number of benzene rings is 2. The minimum absolute atomic E-state index is 0.136. The lowest BCUT2D eigenvalue weighted by Gasteiger charge is -2.36. The first kappa shape index (κ1) is 41.1. The summed E-state index contributed by atoms with van der Waals surface area (Å²) in [5, 5.41) is 18.0. The highest BCUT2D eigenvalue weighted by Gasteiger charge is 2.38. The summed E-state index contributed by atoms with van der Waals surface area (Å²) >= 11 is 0. The molecular formula is C38H45F3N6O7. The van der Waals surface area contributed by atoms with Crippen LogP contribution in [0, 0.1) is 18.8 Å². The maximum Gasteiger partial charge on any atom is 0.490 e. The fourth-order valence-corrected chi connectivity index (χ4v) is 6.21. The van der Waals surface area contributed by atoms with E-state index in [1.54, 1.807) is 18.2 Å². The molecule has 5 rings (SSSR count). The average Bonchev–Trinajstić information content (AvgIpc) is 3.58. The zero-order valence-electron chi connectivity index (χ0n) is 30.7. The van der Waals surface area contributed by atoms with Crippen LogP contribution < -0.4 is 20.7 Å². The van der Waals surface area contributed by atoms with Crippen molar-refractivity contribution in [3.05, 3.63) is 72.1 Å². The molecule has 0 unspecified atom stereocenters. The molecule has 16 heteroatoms. The number of nitrogens with zero attached hydrogens (tertiary/aromatic N) is 3. The van der Waals surface area contributed by atoms with Crippen molar-refractivity contribution >= 4 is 40.5 Å². The van der Waals surface area contributed by atoms with Crippen LogP contribution in [0.3, 0.4) is 0 Å². The van der Waals surface area contributed by atoms with E-state index in [1.807, 2.05) is 82.3 Å². The van der Waals surface area contributed by atoms with E-state index in [4.69, 9.17) is 25.1 Å². The normalized spacial score (nSPS) is 16.4. The number of ether oxygens (including phenoxy) is 2. The number of amides is 3. The van der Waals surface area contributed by atoms with E-state index in [1.165, 1.54) is 0 Å². The molecule has 1 fully saturated rings. The number of alkyl carbamates (subject to hydrolysis) is 1. The number of carbonyl (C=O) groups excluding carboxylic acids is 3. The van der Waals surface area contributed by atoms with E-state index >= 15 is 0 Å². The zero-order valence-corrected chi connectivity index (χ0v) is 30.7. The van der Waals surface area contributed by atoms with Crippen LogP contribution in [0.25, 0.3) is 22.0 Å². The minimum Gasteiger partial charge on any atom is -0.481 e. The number of aromatic nitrogens is 3. The number of hydrogen-bond donors (Lipinski definition) is 4. The molecule has 1 atom stereocenters. The standard InChI is InChI=1S/C36H44N6O5.C2HF3O2/c1-22-29(16-17-32(40-22)46-5)25-10-6-23(7-11-25)18-31(33(37)43)42(28-15-14-27-21-39-41-30(27)19-28)34(44)26-12-8-24(9-13-26)20-38-35(45)47-36(2,3)4;3-2(4,5)1(6)7/h6-7,10-11,14-17,19,21,24,26,31H,8-9,12-13,18,20H2,1-5H3,(H2,37,43)(H,38,45)(H,39,41);(H,6,7)/t24?,26?,31-;/m0./s1. The summed E-state index contributed by atoms with van der Waals surface area (Å²) < 4.78 is 42.3. The molecule has 5 N–H and O–H groups in total. The summed E-state index contributed by atoms with van der Waals surface area (Å²) in [5.74, 6) is -2.99. The Morgan fingerprint density at radius 2 is 1.67 bits per heavy atom. The van der Waals surface area contributed by atoms with E-state index in [0.29, 0.717) is 31.0 Å². The number of nitrogens with two attached hydrogens (primary N) is 1. The second-order valence-electron chi connectivity index (χ2n) is 14.1. The van der Waals surface area contributed by atoms with Crippen LogP contribution >= 0.6 is 0 Å². The number of primary amides is 1. The summed E-state index contributed by atoms with van der Waals surface area (Å²) in [6.07, 6.45) is -0.758. The topological polar surface area (TPSA) is 190 Å². The molecule has 0 saturated heterocycles. The van der Waals surface area contributed by atoms with Gasteiger partial charge in [0.2, 0.25) is 17.7 Å². The highest BCUT2D eigenvalue weighted by molar-refractivity contribution is 6.03. The lowest BCUT2D eigenvalue weighted by molar-refractivity contribution is -0.192. The number of alkyl halides is 3. The molecule has 3 amide bonds. The second kappa shape index (κ2) is 17.4. The number of pyridine rings is 1. The van der Waals surface area contributed by atoms with Crippen LogP contribution in [0.1, 0.15) is 57.7 Å². The number of halogens is 3. The lowest BCUT2D eigenvalue weighted by atomic mass is 9.81. The number of carboxylic acid groups (broad SMARTS) is 1. The third-order valence-corrected chi connectivity index (χ3v) is 8.92. The Morgan fingerprint density at radius 3 is 2.22 bits per heavy atom. The Balaban J connectivity index is 0.000000845. The van der Waals surface area contributed by atoms with Crippen molar-refractivity contribution in [2.75, 3.05) is 18.6 Å². The molecule has 0 radical (unpaired) electrons. The summed E-state index contributed by atoms with van der Waals surface area (Å²) in [7, 11) is 1.59. The molecule has 2 heterocycles. The van der Waals surface area contributed by atoms with E-state index in [2.05, 4.69) is 20.5 Å². The molecule has 0 bridgehead atoms. The maximum absolute atomic E-state index is 14.4. The first-order valence-corrected chi connectivity index (χ1v) is 17.3. The van der Waals surface area contributed by atoms with Crippen LogP contribution in [-0.2, 0) is 25.5 Å². The van der Waals surface area contributed by atoms with Gasteiger partial charge in [-0.15, -0.1) is 0 Å². The fraction of sp³-hybridized carbons (Fsp3) is 0.421. The molecule has 2 aromatic carbocycles. The molecule has 0 aliphatic heterocycles. The summed E-state index contributed by atoms with van der Waals surface area (Å²) in [4.78, 5) is 54.6. The van der Waals surface area contributed by atoms with Crippen molar-refractivity contribution in [1.82, 2.24) is 20.5 Å². The second-order valence-corrected chi connectivity index (χ2v) is 14.1. The number of carboxylic acids is 1. The Bertz CT molecular complexity index is 1930. The molecule has 54 heavy (non-hydrogen) atoms. The molecule has 4 aromatic rings. The van der Waals surface area contributed by atoms with Crippen molar-refractivity contribution in [3.8, 4) is 17.0 Å². The Labute approximate surface area is 310 Å². The highest BCUT2D eigenvalue weighted by Crippen LogP contribution is 2.34. The van der Waals surface area contributed by atoms with Gasteiger partial charge in [0.05, 0.1) is 18.8 Å². The van der Waals surface area contributed by atoms with E-state index in [0.717, 1.165) is 46.1 Å². The SMILES string of the molecule is COc1ccc(-c2ccc(C[C@@H](C(N)=O)N(C(=O)C3CCC(CNC(=O)OC(C)(C)C)CC3)c3ccc4cn[nH]c4c3)cc2)c(C)n1.O=C(O)C(F)(F)F. The molecule has 0 spiro atoms. The van der Waals surface area contributed by atoms with Crippen LogP contribution in [0.5, 0.6) is 5.88 Å². The zero-order chi connectivity index (χ0) is 39.8. The predicted octanol–water partition coefficient (Wildman–Crippen LogP) is 6.34. The van der Waals surface area contributed by atoms with Gasteiger partial charge in [-0.05, 0) is 94.7 Å². The number of aliphatic carboxylic acids is 1.